The van der Waals surface area contributed by atoms with Crippen LogP contribution in [0.1, 0.15) is 18.5 Å². The third-order valence-electron chi connectivity index (χ3n) is 4.52. The molecule has 9 nitrogen and oxygen atoms in total. The highest BCUT2D eigenvalue weighted by molar-refractivity contribution is 5.17. The van der Waals surface area contributed by atoms with Crippen LogP contribution in [0.15, 0.2) is 46.2 Å². The van der Waals surface area contributed by atoms with Crippen molar-refractivity contribution in [3.8, 4) is 5.82 Å². The normalized spacial score (nSPS) is 16.3. The summed E-state index contributed by atoms with van der Waals surface area (Å²) in [7, 11) is 0. The first-order valence-electron chi connectivity index (χ1n) is 8.35. The van der Waals surface area contributed by atoms with Crippen LogP contribution in [-0.2, 0) is 13.1 Å². The lowest BCUT2D eigenvalue weighted by molar-refractivity contribution is 0.159. The van der Waals surface area contributed by atoms with Crippen LogP contribution in [0, 0.1) is 5.92 Å². The third-order valence-corrected chi connectivity index (χ3v) is 4.52. The van der Waals surface area contributed by atoms with Crippen LogP contribution in [0.2, 0.25) is 0 Å². The molecule has 4 heterocycles. The summed E-state index contributed by atoms with van der Waals surface area (Å²) in [5.74, 6) is 1.09. The van der Waals surface area contributed by atoms with E-state index in [0.717, 1.165) is 38.2 Å². The van der Waals surface area contributed by atoms with Gasteiger partial charge in [-0.1, -0.05) is 10.3 Å². The van der Waals surface area contributed by atoms with Crippen molar-refractivity contribution in [2.75, 3.05) is 13.1 Å². The average Bonchev–Trinajstić information content (AvgIpc) is 3.32. The fourth-order valence-electron chi connectivity index (χ4n) is 3.15. The zero-order chi connectivity index (χ0) is 17.1. The van der Waals surface area contributed by atoms with Crippen LogP contribution in [0.3, 0.4) is 0 Å². The van der Waals surface area contributed by atoms with Crippen LogP contribution < -0.4 is 5.56 Å². The minimum atomic E-state index is -0.0768. The number of hydrogen-bond donors (Lipinski definition) is 0. The lowest BCUT2D eigenvalue weighted by Gasteiger charge is -2.31. The molecule has 0 aliphatic carbocycles. The maximum atomic E-state index is 12.1. The van der Waals surface area contributed by atoms with Gasteiger partial charge in [-0.2, -0.15) is 5.10 Å². The van der Waals surface area contributed by atoms with Crippen molar-refractivity contribution >= 4 is 0 Å². The van der Waals surface area contributed by atoms with Gasteiger partial charge in [0.1, 0.15) is 5.69 Å². The molecule has 3 aromatic heterocycles. The van der Waals surface area contributed by atoms with E-state index in [0.29, 0.717) is 18.3 Å². The van der Waals surface area contributed by atoms with E-state index >= 15 is 0 Å². The Morgan fingerprint density at radius 1 is 1.24 bits per heavy atom. The predicted molar refractivity (Wildman–Crippen MR) is 87.9 cm³/mol. The minimum Gasteiger partial charge on any atom is -0.297 e. The Morgan fingerprint density at radius 3 is 2.84 bits per heavy atom. The molecule has 9 heteroatoms. The maximum absolute atomic E-state index is 12.1. The van der Waals surface area contributed by atoms with Gasteiger partial charge in [-0.25, -0.2) is 14.0 Å². The smallest absolute Gasteiger partial charge is 0.266 e. The molecule has 0 spiro atoms. The highest BCUT2D eigenvalue weighted by Crippen LogP contribution is 2.19. The molecule has 0 unspecified atom stereocenters. The molecule has 0 atom stereocenters. The molecule has 130 valence electrons. The van der Waals surface area contributed by atoms with E-state index in [1.54, 1.807) is 33.9 Å². The first-order chi connectivity index (χ1) is 12.3. The molecule has 1 fully saturated rings. The lowest BCUT2D eigenvalue weighted by Crippen LogP contribution is -2.36. The lowest BCUT2D eigenvalue weighted by atomic mass is 9.97. The monoisotopic (exact) mass is 341 g/mol. The van der Waals surface area contributed by atoms with Gasteiger partial charge in [0.2, 0.25) is 0 Å². The Hall–Kier alpha value is -2.81. The van der Waals surface area contributed by atoms with Crippen LogP contribution in [0.5, 0.6) is 0 Å². The highest BCUT2D eigenvalue weighted by Gasteiger charge is 2.21. The second-order valence-corrected chi connectivity index (χ2v) is 6.28. The summed E-state index contributed by atoms with van der Waals surface area (Å²) in [6.07, 6.45) is 7.19. The molecule has 1 saturated heterocycles. The zero-order valence-corrected chi connectivity index (χ0v) is 13.7. The van der Waals surface area contributed by atoms with Gasteiger partial charge in [-0.05, 0) is 44.0 Å². The summed E-state index contributed by atoms with van der Waals surface area (Å²) < 4.78 is 7.84. The Balaban J connectivity index is 1.38. The van der Waals surface area contributed by atoms with Crippen molar-refractivity contribution in [2.24, 2.45) is 5.92 Å². The maximum Gasteiger partial charge on any atom is 0.266 e. The fraction of sp³-hybridized carbons (Fsp3) is 0.438. The fourth-order valence-corrected chi connectivity index (χ4v) is 3.15. The largest absolute Gasteiger partial charge is 0.297 e. The number of rotatable bonds is 5. The standard InChI is InChI=1S/C16H19N7O2/c24-16-3-2-15(22-7-1-6-17-22)19-23(16)11-13-4-8-21(9-5-13)12-14-10-18-25-20-14/h1-3,6-7,10,13H,4-5,8-9,11-12H2. The number of nitrogens with zero attached hydrogens (tertiary/aromatic N) is 7. The molecule has 1 aliphatic rings. The zero-order valence-electron chi connectivity index (χ0n) is 13.7. The van der Waals surface area contributed by atoms with Crippen molar-refractivity contribution in [3.63, 3.8) is 0 Å². The first kappa shape index (κ1) is 15.7. The molecule has 25 heavy (non-hydrogen) atoms. The van der Waals surface area contributed by atoms with Gasteiger partial charge >= 0.3 is 0 Å². The molecule has 0 N–H and O–H groups in total. The van der Waals surface area contributed by atoms with Gasteiger partial charge in [-0.3, -0.25) is 9.69 Å². The van der Waals surface area contributed by atoms with Crippen molar-refractivity contribution in [3.05, 3.63) is 52.8 Å². The molecule has 0 saturated carbocycles. The SMILES string of the molecule is O=c1ccc(-n2cccn2)nn1CC1CCN(Cc2cnon2)CC1. The van der Waals surface area contributed by atoms with Crippen LogP contribution >= 0.6 is 0 Å². The molecule has 4 rings (SSSR count). The topological polar surface area (TPSA) is 94.9 Å². The third kappa shape index (κ3) is 3.66. The van der Waals surface area contributed by atoms with E-state index in [1.165, 1.54) is 0 Å². The van der Waals surface area contributed by atoms with Crippen molar-refractivity contribution in [1.82, 2.24) is 34.8 Å². The van der Waals surface area contributed by atoms with Gasteiger partial charge in [0.25, 0.3) is 5.56 Å². The quantitative estimate of drug-likeness (QED) is 0.675. The number of aromatic nitrogens is 6. The minimum absolute atomic E-state index is 0.0768. The second kappa shape index (κ2) is 6.98. The van der Waals surface area contributed by atoms with Crippen molar-refractivity contribution in [1.29, 1.82) is 0 Å². The van der Waals surface area contributed by atoms with E-state index < -0.39 is 0 Å². The molecule has 1 aliphatic heterocycles. The van der Waals surface area contributed by atoms with Gasteiger partial charge in [0.05, 0.1) is 6.20 Å². The molecule has 0 amide bonds. The number of piperidine rings is 1. The molecule has 3 aromatic rings. The summed E-state index contributed by atoms with van der Waals surface area (Å²) >= 11 is 0. The van der Waals surface area contributed by atoms with E-state index in [9.17, 15) is 4.79 Å². The summed E-state index contributed by atoms with van der Waals surface area (Å²) in [6, 6.07) is 5.08. The van der Waals surface area contributed by atoms with Crippen LogP contribution in [-0.4, -0.2) is 47.9 Å². The van der Waals surface area contributed by atoms with Gasteiger partial charge in [0, 0.05) is 31.5 Å². The second-order valence-electron chi connectivity index (χ2n) is 6.28. The first-order valence-corrected chi connectivity index (χ1v) is 8.35. The Morgan fingerprint density at radius 2 is 2.12 bits per heavy atom. The van der Waals surface area contributed by atoms with Gasteiger partial charge in [-0.15, -0.1) is 5.10 Å². The number of likely N-dealkylation sites (tertiary alicyclic amines) is 1. The van der Waals surface area contributed by atoms with Gasteiger partial charge < -0.3 is 0 Å². The van der Waals surface area contributed by atoms with E-state index in [-0.39, 0.29) is 5.56 Å². The summed E-state index contributed by atoms with van der Waals surface area (Å²) in [5, 5.41) is 16.1. The average molecular weight is 341 g/mol. The highest BCUT2D eigenvalue weighted by atomic mass is 16.6. The Labute approximate surface area is 143 Å². The van der Waals surface area contributed by atoms with Crippen LogP contribution in [0.4, 0.5) is 0 Å². The number of hydrogen-bond acceptors (Lipinski definition) is 7. The molecular weight excluding hydrogens is 322 g/mol. The van der Waals surface area contributed by atoms with Gasteiger partial charge in [0.15, 0.2) is 5.82 Å². The van der Waals surface area contributed by atoms with E-state index in [1.807, 2.05) is 12.3 Å². The predicted octanol–water partition coefficient (Wildman–Crippen LogP) is 0.724. The molecule has 0 bridgehead atoms. The summed E-state index contributed by atoms with van der Waals surface area (Å²) in [5.41, 5.74) is 0.773. The molecule has 0 aromatic carbocycles. The molecule has 0 radical (unpaired) electrons. The molecular formula is C16H19N7O2. The van der Waals surface area contributed by atoms with E-state index in [4.69, 9.17) is 0 Å². The summed E-state index contributed by atoms with van der Waals surface area (Å²) in [4.78, 5) is 14.5. The Kier molecular flexibility index (Phi) is 4.38. The van der Waals surface area contributed by atoms with Crippen LogP contribution in [0.25, 0.3) is 5.82 Å². The summed E-state index contributed by atoms with van der Waals surface area (Å²) in [6.45, 7) is 3.31. The van der Waals surface area contributed by atoms with Crippen molar-refractivity contribution in [2.45, 2.75) is 25.9 Å². The van der Waals surface area contributed by atoms with Crippen molar-refractivity contribution < 1.29 is 4.63 Å². The van der Waals surface area contributed by atoms with E-state index in [2.05, 4.69) is 30.0 Å². The Bertz CT molecular complexity index is 849.